The van der Waals surface area contributed by atoms with Crippen molar-refractivity contribution < 1.29 is 4.74 Å². The molecule has 0 amide bonds. The number of piperidine rings is 2. The van der Waals surface area contributed by atoms with E-state index in [2.05, 4.69) is 58.5 Å². The lowest BCUT2D eigenvalue weighted by atomic mass is 9.67. The number of ether oxygens (including phenoxy) is 1. The van der Waals surface area contributed by atoms with Crippen LogP contribution in [0.15, 0.2) is 36.4 Å². The molecule has 0 spiro atoms. The van der Waals surface area contributed by atoms with Crippen LogP contribution in [0.4, 0.5) is 5.82 Å². The summed E-state index contributed by atoms with van der Waals surface area (Å²) < 4.78 is 5.31. The Morgan fingerprint density at radius 3 is 2.32 bits per heavy atom. The number of anilines is 1. The van der Waals surface area contributed by atoms with Crippen molar-refractivity contribution in [3.63, 3.8) is 0 Å². The molecule has 1 N–H and O–H groups in total. The van der Waals surface area contributed by atoms with Crippen molar-refractivity contribution in [3.8, 4) is 5.75 Å². The van der Waals surface area contributed by atoms with Crippen molar-refractivity contribution in [1.82, 2.24) is 15.1 Å². The Balaban J connectivity index is 1.53. The smallest absolute Gasteiger partial charge is 0.151 e. The molecule has 5 nitrogen and oxygen atoms in total. The van der Waals surface area contributed by atoms with Gasteiger partial charge in [-0.1, -0.05) is 23.7 Å². The van der Waals surface area contributed by atoms with Gasteiger partial charge in [0.25, 0.3) is 0 Å². The molecule has 4 rings (SSSR count). The number of fused-ring (bicyclic) bond motifs is 2. The molecule has 2 aromatic rings. The van der Waals surface area contributed by atoms with Crippen LogP contribution in [0.25, 0.3) is 0 Å². The van der Waals surface area contributed by atoms with Crippen LogP contribution in [0.2, 0.25) is 5.15 Å². The standard InChI is InChI=1S/C22H29ClN4O/c1-21-11-4-12-22(2,27(21)15-16-5-7-18(28-3)8-6-16)14-17(13-21)24-20-10-9-19(23)25-26-20/h5-10,17H,4,11-15H2,1-3H3,(H,24,26)/t17?,21-,22?/m0/s1. The van der Waals surface area contributed by atoms with Gasteiger partial charge in [0.1, 0.15) is 11.6 Å². The zero-order valence-electron chi connectivity index (χ0n) is 16.9. The first-order valence-corrected chi connectivity index (χ1v) is 10.4. The summed E-state index contributed by atoms with van der Waals surface area (Å²) in [5.41, 5.74) is 1.68. The molecule has 2 bridgehead atoms. The van der Waals surface area contributed by atoms with Gasteiger partial charge in [-0.25, -0.2) is 0 Å². The van der Waals surface area contributed by atoms with Crippen LogP contribution in [-0.4, -0.2) is 39.3 Å². The van der Waals surface area contributed by atoms with E-state index in [4.69, 9.17) is 16.3 Å². The van der Waals surface area contributed by atoms with Gasteiger partial charge in [-0.2, -0.15) is 0 Å². The van der Waals surface area contributed by atoms with Crippen molar-refractivity contribution in [2.75, 3.05) is 12.4 Å². The minimum Gasteiger partial charge on any atom is -0.497 e. The maximum absolute atomic E-state index is 5.88. The molecule has 3 atom stereocenters. The fourth-order valence-electron chi connectivity index (χ4n) is 5.33. The minimum atomic E-state index is 0.169. The van der Waals surface area contributed by atoms with Gasteiger partial charge in [0.05, 0.1) is 7.11 Å². The van der Waals surface area contributed by atoms with E-state index in [9.17, 15) is 0 Å². The van der Waals surface area contributed by atoms with Crippen LogP contribution >= 0.6 is 11.6 Å². The second-order valence-corrected chi connectivity index (χ2v) is 9.16. The number of halogens is 1. The minimum absolute atomic E-state index is 0.169. The lowest BCUT2D eigenvalue weighted by Crippen LogP contribution is -2.67. The first-order valence-electron chi connectivity index (χ1n) is 10.1. The summed E-state index contributed by atoms with van der Waals surface area (Å²) in [5, 5.41) is 12.2. The Labute approximate surface area is 172 Å². The van der Waals surface area contributed by atoms with Crippen LogP contribution in [0, 0.1) is 0 Å². The predicted octanol–water partition coefficient (Wildman–Crippen LogP) is 4.92. The zero-order chi connectivity index (χ0) is 19.8. The molecular weight excluding hydrogens is 372 g/mol. The van der Waals surface area contributed by atoms with E-state index in [0.717, 1.165) is 31.0 Å². The average molecular weight is 401 g/mol. The Hall–Kier alpha value is -1.85. The molecule has 6 heteroatoms. The number of hydrogen-bond acceptors (Lipinski definition) is 5. The van der Waals surface area contributed by atoms with E-state index in [1.165, 1.54) is 24.8 Å². The number of aromatic nitrogens is 2. The number of benzene rings is 1. The molecule has 0 saturated carbocycles. The Morgan fingerprint density at radius 2 is 1.75 bits per heavy atom. The van der Waals surface area contributed by atoms with Crippen molar-refractivity contribution in [2.45, 2.75) is 69.6 Å². The molecule has 2 saturated heterocycles. The zero-order valence-corrected chi connectivity index (χ0v) is 17.7. The second-order valence-electron chi connectivity index (χ2n) is 8.77. The van der Waals surface area contributed by atoms with Crippen LogP contribution < -0.4 is 10.1 Å². The summed E-state index contributed by atoms with van der Waals surface area (Å²) in [6.45, 7) is 5.83. The van der Waals surface area contributed by atoms with E-state index in [1.54, 1.807) is 13.2 Å². The topological polar surface area (TPSA) is 50.3 Å². The van der Waals surface area contributed by atoms with Gasteiger partial charge >= 0.3 is 0 Å². The predicted molar refractivity (Wildman–Crippen MR) is 113 cm³/mol. The van der Waals surface area contributed by atoms with Gasteiger partial charge in [0.15, 0.2) is 5.15 Å². The van der Waals surface area contributed by atoms with E-state index in [0.29, 0.717) is 11.2 Å². The molecule has 1 aromatic carbocycles. The summed E-state index contributed by atoms with van der Waals surface area (Å²) in [7, 11) is 1.71. The summed E-state index contributed by atoms with van der Waals surface area (Å²) in [6, 6.07) is 12.6. The third-order valence-corrected chi connectivity index (χ3v) is 6.79. The fraction of sp³-hybridized carbons (Fsp3) is 0.545. The number of hydrogen-bond donors (Lipinski definition) is 1. The lowest BCUT2D eigenvalue weighted by molar-refractivity contribution is -0.0947. The van der Waals surface area contributed by atoms with Crippen molar-refractivity contribution in [2.24, 2.45) is 0 Å². The maximum Gasteiger partial charge on any atom is 0.151 e. The molecule has 150 valence electrons. The van der Waals surface area contributed by atoms with Crippen LogP contribution in [0.3, 0.4) is 0 Å². The van der Waals surface area contributed by atoms with E-state index < -0.39 is 0 Å². The highest BCUT2D eigenvalue weighted by atomic mass is 35.5. The summed E-state index contributed by atoms with van der Waals surface area (Å²) in [5.74, 6) is 1.72. The molecule has 2 aliphatic heterocycles. The van der Waals surface area contributed by atoms with Gasteiger partial charge in [-0.3, -0.25) is 4.90 Å². The second kappa shape index (κ2) is 7.53. The van der Waals surface area contributed by atoms with E-state index >= 15 is 0 Å². The third-order valence-electron chi connectivity index (χ3n) is 6.59. The fourth-order valence-corrected chi connectivity index (χ4v) is 5.43. The Kier molecular flexibility index (Phi) is 5.23. The summed E-state index contributed by atoms with van der Waals surface area (Å²) in [4.78, 5) is 2.75. The van der Waals surface area contributed by atoms with E-state index in [1.807, 2.05) is 6.07 Å². The summed E-state index contributed by atoms with van der Waals surface area (Å²) >= 11 is 5.88. The highest BCUT2D eigenvalue weighted by Crippen LogP contribution is 2.49. The molecular formula is C22H29ClN4O. The molecule has 3 heterocycles. The molecule has 1 aromatic heterocycles. The monoisotopic (exact) mass is 400 g/mol. The van der Waals surface area contributed by atoms with Gasteiger partial charge in [0, 0.05) is 23.7 Å². The van der Waals surface area contributed by atoms with Crippen LogP contribution in [0.5, 0.6) is 5.75 Å². The normalized spacial score (nSPS) is 30.1. The number of nitrogens with one attached hydrogen (secondary N) is 1. The number of methoxy groups -OCH3 is 1. The molecule has 0 radical (unpaired) electrons. The van der Waals surface area contributed by atoms with Crippen molar-refractivity contribution in [3.05, 3.63) is 47.1 Å². The maximum atomic E-state index is 5.88. The number of rotatable bonds is 5. The lowest BCUT2D eigenvalue weighted by Gasteiger charge is -2.61. The van der Waals surface area contributed by atoms with Gasteiger partial charge in [0.2, 0.25) is 0 Å². The quantitative estimate of drug-likeness (QED) is 0.772. The Morgan fingerprint density at radius 1 is 1.07 bits per heavy atom. The highest BCUT2D eigenvalue weighted by Gasteiger charge is 2.52. The molecule has 28 heavy (non-hydrogen) atoms. The molecule has 0 aliphatic carbocycles. The summed E-state index contributed by atoms with van der Waals surface area (Å²) in [6.07, 6.45) is 5.94. The SMILES string of the molecule is COc1ccc(CN2C3(C)CCC[C@@]2(C)CC(Nc2ccc(Cl)nn2)C3)cc1. The largest absolute Gasteiger partial charge is 0.497 e. The first-order chi connectivity index (χ1) is 13.4. The van der Waals surface area contributed by atoms with E-state index in [-0.39, 0.29) is 11.1 Å². The third kappa shape index (κ3) is 3.83. The van der Waals surface area contributed by atoms with Gasteiger partial charge < -0.3 is 10.1 Å². The van der Waals surface area contributed by atoms with Crippen molar-refractivity contribution >= 4 is 17.4 Å². The van der Waals surface area contributed by atoms with Crippen LogP contribution in [0.1, 0.15) is 51.5 Å². The molecule has 2 fully saturated rings. The first kappa shape index (κ1) is 19.5. The van der Waals surface area contributed by atoms with Crippen molar-refractivity contribution in [1.29, 1.82) is 0 Å². The van der Waals surface area contributed by atoms with Crippen LogP contribution in [-0.2, 0) is 6.54 Å². The Bertz CT molecular complexity index is 792. The molecule has 2 unspecified atom stereocenters. The average Bonchev–Trinajstić information content (AvgIpc) is 2.66. The van der Waals surface area contributed by atoms with Gasteiger partial charge in [-0.05, 0) is 75.8 Å². The highest BCUT2D eigenvalue weighted by molar-refractivity contribution is 6.29. The van der Waals surface area contributed by atoms with Gasteiger partial charge in [-0.15, -0.1) is 10.2 Å². The number of nitrogens with zero attached hydrogens (tertiary/aromatic N) is 3. The molecule has 2 aliphatic rings.